The third-order valence-electron chi connectivity index (χ3n) is 3.23. The number of nitrogens with zero attached hydrogens (tertiary/aromatic N) is 1. The van der Waals surface area contributed by atoms with Gasteiger partial charge in [-0.3, -0.25) is 0 Å². The van der Waals surface area contributed by atoms with E-state index in [0.29, 0.717) is 0 Å². The van der Waals surface area contributed by atoms with Crippen molar-refractivity contribution in [2.45, 2.75) is 44.4 Å². The van der Waals surface area contributed by atoms with E-state index in [9.17, 15) is 8.94 Å². The highest BCUT2D eigenvalue weighted by Gasteiger charge is 2.33. The van der Waals surface area contributed by atoms with Crippen LogP contribution in [0.15, 0.2) is 12.1 Å². The Labute approximate surface area is 116 Å². The number of halogens is 1. The van der Waals surface area contributed by atoms with Crippen LogP contribution < -0.4 is 4.72 Å². The van der Waals surface area contributed by atoms with Crippen molar-refractivity contribution < 1.29 is 8.94 Å². The Hall–Kier alpha value is -1.09. The summed E-state index contributed by atoms with van der Waals surface area (Å²) in [7, 11) is 0. The van der Waals surface area contributed by atoms with Crippen LogP contribution in [0.1, 0.15) is 49.9 Å². The van der Waals surface area contributed by atoms with Gasteiger partial charge in [0.1, 0.15) is 16.6 Å². The number of hydrogen-bond acceptors (Lipinski definition) is 3. The number of aryl methyl sites for hydroxylation is 1. The Balaban J connectivity index is 2.23. The molecule has 0 fully saturated rings. The molecule has 19 heavy (non-hydrogen) atoms. The molecule has 0 saturated heterocycles. The van der Waals surface area contributed by atoms with Gasteiger partial charge in [-0.1, -0.05) is 0 Å². The number of benzene rings is 1. The van der Waals surface area contributed by atoms with Crippen LogP contribution in [0.4, 0.5) is 4.39 Å². The molecule has 0 aromatic heterocycles. The lowest BCUT2D eigenvalue weighted by Gasteiger charge is -2.26. The zero-order valence-corrected chi connectivity index (χ0v) is 12.1. The first kappa shape index (κ1) is 14.3. The second kappa shape index (κ2) is 5.12. The molecule has 0 amide bonds. The smallest absolute Gasteiger partial charge is 0.141 e. The van der Waals surface area contributed by atoms with Gasteiger partial charge in [-0.25, -0.2) is 4.39 Å². The molecular weight excluding hydrogens is 263 g/mol. The highest BCUT2D eigenvalue weighted by Crippen LogP contribution is 2.34. The first-order valence-electron chi connectivity index (χ1n) is 6.23. The van der Waals surface area contributed by atoms with Crippen molar-refractivity contribution >= 4 is 11.4 Å². The van der Waals surface area contributed by atoms with E-state index in [1.807, 2.05) is 26.8 Å². The molecule has 2 rings (SSSR count). The Kier molecular flexibility index (Phi) is 3.86. The fourth-order valence-electron chi connectivity index (χ4n) is 2.14. The summed E-state index contributed by atoms with van der Waals surface area (Å²) in [4.78, 5) is 0. The lowest BCUT2D eigenvalue weighted by atomic mass is 10.1. The fourth-order valence-corrected chi connectivity index (χ4v) is 3.00. The fraction of sp³-hybridized carbons (Fsp3) is 0.500. The van der Waals surface area contributed by atoms with Gasteiger partial charge in [0.2, 0.25) is 0 Å². The highest BCUT2D eigenvalue weighted by atomic mass is 32.2. The predicted molar refractivity (Wildman–Crippen MR) is 73.2 cm³/mol. The maximum Gasteiger partial charge on any atom is 0.141 e. The maximum atomic E-state index is 13.7. The largest absolute Gasteiger partial charge is 0.598 e. The molecule has 1 aliphatic rings. The molecule has 1 unspecified atom stereocenters. The van der Waals surface area contributed by atoms with Crippen LogP contribution in [0.5, 0.6) is 0 Å². The summed E-state index contributed by atoms with van der Waals surface area (Å²) in [6, 6.07) is 4.75. The SMILES string of the molecule is CC(C)(C)[S+]([O-])N[C@@H]1CCc2cc(C#N)c(F)cc21. The Bertz CT molecular complexity index is 533. The van der Waals surface area contributed by atoms with E-state index >= 15 is 0 Å². The van der Waals surface area contributed by atoms with E-state index in [1.165, 1.54) is 6.07 Å². The van der Waals surface area contributed by atoms with Crippen molar-refractivity contribution in [1.82, 2.24) is 4.72 Å². The van der Waals surface area contributed by atoms with E-state index in [4.69, 9.17) is 5.26 Å². The number of nitrogens with one attached hydrogen (secondary N) is 1. The Morgan fingerprint density at radius 1 is 1.47 bits per heavy atom. The average molecular weight is 280 g/mol. The molecule has 0 aliphatic heterocycles. The normalized spacial score (nSPS) is 19.9. The molecule has 102 valence electrons. The van der Waals surface area contributed by atoms with Crippen LogP contribution in [-0.4, -0.2) is 9.30 Å². The van der Waals surface area contributed by atoms with Crippen LogP contribution in [0.3, 0.4) is 0 Å². The molecule has 1 N–H and O–H groups in total. The summed E-state index contributed by atoms with van der Waals surface area (Å²) in [6.45, 7) is 5.68. The molecule has 2 atom stereocenters. The molecule has 0 saturated carbocycles. The van der Waals surface area contributed by atoms with E-state index in [2.05, 4.69) is 4.72 Å². The van der Waals surface area contributed by atoms with Crippen LogP contribution >= 0.6 is 0 Å². The topological polar surface area (TPSA) is 58.9 Å². The molecule has 3 nitrogen and oxygen atoms in total. The van der Waals surface area contributed by atoms with Gasteiger partial charge < -0.3 is 4.55 Å². The molecule has 1 aromatic carbocycles. The number of rotatable bonds is 2. The van der Waals surface area contributed by atoms with Gasteiger partial charge in [0.25, 0.3) is 0 Å². The van der Waals surface area contributed by atoms with Crippen LogP contribution in [0.2, 0.25) is 0 Å². The van der Waals surface area contributed by atoms with Crippen LogP contribution in [0, 0.1) is 17.1 Å². The van der Waals surface area contributed by atoms with Gasteiger partial charge in [0, 0.05) is 11.4 Å². The van der Waals surface area contributed by atoms with E-state index in [1.54, 1.807) is 6.07 Å². The summed E-state index contributed by atoms with van der Waals surface area (Å²) < 4.78 is 28.5. The zero-order chi connectivity index (χ0) is 14.2. The minimum atomic E-state index is -1.19. The third kappa shape index (κ3) is 2.92. The van der Waals surface area contributed by atoms with Gasteiger partial charge in [-0.15, -0.1) is 4.72 Å². The van der Waals surface area contributed by atoms with Crippen molar-refractivity contribution in [3.63, 3.8) is 0 Å². The van der Waals surface area contributed by atoms with Gasteiger partial charge in [0.05, 0.1) is 11.6 Å². The molecule has 1 aliphatic carbocycles. The number of fused-ring (bicyclic) bond motifs is 1. The van der Waals surface area contributed by atoms with Crippen LogP contribution in [-0.2, 0) is 17.8 Å². The first-order valence-corrected chi connectivity index (χ1v) is 7.38. The first-order chi connectivity index (χ1) is 8.82. The zero-order valence-electron chi connectivity index (χ0n) is 11.3. The summed E-state index contributed by atoms with van der Waals surface area (Å²) in [6.07, 6.45) is 1.56. The summed E-state index contributed by atoms with van der Waals surface area (Å²) in [5, 5.41) is 8.81. The molecule has 0 bridgehead atoms. The lowest BCUT2D eigenvalue weighted by molar-refractivity contribution is 0.521. The standard InChI is InChI=1S/C14H17FN2OS/c1-14(2,3)19(18)17-13-5-4-9-6-10(8-16)12(15)7-11(9)13/h6-7,13,17H,4-5H2,1-3H3/t13-,19?/m1/s1. The van der Waals surface area contributed by atoms with Gasteiger partial charge in [0.15, 0.2) is 0 Å². The second-order valence-electron chi connectivity index (χ2n) is 5.73. The van der Waals surface area contributed by atoms with Crippen LogP contribution in [0.25, 0.3) is 0 Å². The minimum Gasteiger partial charge on any atom is -0.598 e. The molecule has 0 heterocycles. The van der Waals surface area contributed by atoms with Gasteiger partial charge >= 0.3 is 0 Å². The lowest BCUT2D eigenvalue weighted by Crippen LogP contribution is -2.40. The van der Waals surface area contributed by atoms with Crippen molar-refractivity contribution in [3.8, 4) is 6.07 Å². The molecule has 0 radical (unpaired) electrons. The Morgan fingerprint density at radius 3 is 2.74 bits per heavy atom. The van der Waals surface area contributed by atoms with Crippen molar-refractivity contribution in [2.75, 3.05) is 0 Å². The predicted octanol–water partition coefficient (Wildman–Crippen LogP) is 2.74. The number of nitriles is 1. The number of hydrogen-bond donors (Lipinski definition) is 1. The molecule has 5 heteroatoms. The van der Waals surface area contributed by atoms with E-state index in [-0.39, 0.29) is 16.4 Å². The third-order valence-corrected chi connectivity index (χ3v) is 4.84. The van der Waals surface area contributed by atoms with Gasteiger partial charge in [-0.2, -0.15) is 5.26 Å². The highest BCUT2D eigenvalue weighted by molar-refractivity contribution is 7.90. The average Bonchev–Trinajstić information content (AvgIpc) is 2.69. The Morgan fingerprint density at radius 2 is 2.16 bits per heavy atom. The second-order valence-corrected chi connectivity index (χ2v) is 7.73. The minimum absolute atomic E-state index is 0.0799. The summed E-state index contributed by atoms with van der Waals surface area (Å²) in [5.74, 6) is -0.503. The van der Waals surface area contributed by atoms with Crippen molar-refractivity contribution in [3.05, 3.63) is 34.6 Å². The monoisotopic (exact) mass is 280 g/mol. The van der Waals surface area contributed by atoms with Crippen molar-refractivity contribution in [2.24, 2.45) is 0 Å². The quantitative estimate of drug-likeness (QED) is 0.847. The van der Waals surface area contributed by atoms with E-state index in [0.717, 1.165) is 24.0 Å². The molecule has 0 spiro atoms. The summed E-state index contributed by atoms with van der Waals surface area (Å²) >= 11 is -1.19. The summed E-state index contributed by atoms with van der Waals surface area (Å²) in [5.41, 5.74) is 1.88. The van der Waals surface area contributed by atoms with E-state index < -0.39 is 17.2 Å². The molecular formula is C14H17FN2OS. The molecule has 1 aromatic rings. The maximum absolute atomic E-state index is 13.7. The van der Waals surface area contributed by atoms with Crippen molar-refractivity contribution in [1.29, 1.82) is 5.26 Å². The van der Waals surface area contributed by atoms with Gasteiger partial charge in [-0.05, 0) is 56.9 Å².